The van der Waals surface area contributed by atoms with Crippen molar-refractivity contribution in [2.75, 3.05) is 43.4 Å². The lowest BCUT2D eigenvalue weighted by Gasteiger charge is -2.33. The summed E-state index contributed by atoms with van der Waals surface area (Å²) in [4.78, 5) is 17.3. The largest absolute Gasteiger partial charge is 0.366 e. The highest BCUT2D eigenvalue weighted by atomic mass is 15.3. The van der Waals surface area contributed by atoms with Gasteiger partial charge in [-0.05, 0) is 24.7 Å². The maximum Gasteiger partial charge on any atom is 0.134 e. The minimum Gasteiger partial charge on any atom is -0.366 e. The van der Waals surface area contributed by atoms with Crippen LogP contribution in [0.5, 0.6) is 0 Å². The van der Waals surface area contributed by atoms with E-state index >= 15 is 0 Å². The van der Waals surface area contributed by atoms with Crippen LogP contribution in [0.1, 0.15) is 5.56 Å². The first-order valence-corrected chi connectivity index (χ1v) is 7.19. The third kappa shape index (κ3) is 3.66. The van der Waals surface area contributed by atoms with Gasteiger partial charge < -0.3 is 15.1 Å². The molecule has 6 heteroatoms. The van der Waals surface area contributed by atoms with E-state index in [-0.39, 0.29) is 0 Å². The number of piperazine rings is 1. The van der Waals surface area contributed by atoms with Crippen LogP contribution in [0.15, 0.2) is 36.9 Å². The molecule has 1 fully saturated rings. The fraction of sp³-hybridized carbons (Fsp3) is 0.400. The molecule has 0 amide bonds. The summed E-state index contributed by atoms with van der Waals surface area (Å²) in [5.41, 5.74) is 1.18. The maximum atomic E-state index is 4.39. The molecule has 2 aromatic rings. The second-order valence-corrected chi connectivity index (χ2v) is 5.26. The highest BCUT2D eigenvalue weighted by molar-refractivity contribution is 5.49. The average molecular weight is 284 g/mol. The molecule has 1 aliphatic heterocycles. The quantitative estimate of drug-likeness (QED) is 0.911. The molecule has 21 heavy (non-hydrogen) atoms. The fourth-order valence-electron chi connectivity index (χ4n) is 2.35. The van der Waals surface area contributed by atoms with E-state index in [0.29, 0.717) is 0 Å². The summed E-state index contributed by atoms with van der Waals surface area (Å²) < 4.78 is 0. The second-order valence-electron chi connectivity index (χ2n) is 5.26. The first-order valence-electron chi connectivity index (χ1n) is 7.19. The number of nitrogens with one attached hydrogen (secondary N) is 1. The van der Waals surface area contributed by atoms with Gasteiger partial charge in [0.15, 0.2) is 0 Å². The van der Waals surface area contributed by atoms with E-state index in [1.807, 2.05) is 18.2 Å². The molecule has 2 aromatic heterocycles. The number of hydrogen-bond donors (Lipinski definition) is 1. The van der Waals surface area contributed by atoms with Crippen LogP contribution in [0, 0.1) is 0 Å². The molecule has 3 rings (SSSR count). The van der Waals surface area contributed by atoms with Gasteiger partial charge in [-0.15, -0.1) is 0 Å². The second kappa shape index (κ2) is 6.49. The third-order valence-electron chi connectivity index (χ3n) is 3.70. The molecule has 1 aliphatic rings. The van der Waals surface area contributed by atoms with Gasteiger partial charge in [0.2, 0.25) is 0 Å². The number of anilines is 2. The number of aromatic nitrogens is 3. The Bertz CT molecular complexity index is 565. The first kappa shape index (κ1) is 13.8. The Hall–Kier alpha value is -2.21. The maximum absolute atomic E-state index is 4.39. The van der Waals surface area contributed by atoms with Crippen LogP contribution >= 0.6 is 0 Å². The van der Waals surface area contributed by atoms with Gasteiger partial charge in [-0.25, -0.2) is 9.97 Å². The summed E-state index contributed by atoms with van der Waals surface area (Å²) in [7, 11) is 2.15. The van der Waals surface area contributed by atoms with Crippen molar-refractivity contribution < 1.29 is 0 Å². The van der Waals surface area contributed by atoms with Gasteiger partial charge in [-0.3, -0.25) is 4.98 Å². The van der Waals surface area contributed by atoms with Gasteiger partial charge in [0.05, 0.1) is 0 Å². The third-order valence-corrected chi connectivity index (χ3v) is 3.70. The topological polar surface area (TPSA) is 57.2 Å². The van der Waals surface area contributed by atoms with E-state index in [9.17, 15) is 0 Å². The molecule has 0 aliphatic carbocycles. The minimum absolute atomic E-state index is 0.738. The molecule has 6 nitrogen and oxygen atoms in total. The van der Waals surface area contributed by atoms with Gasteiger partial charge in [-0.1, -0.05) is 0 Å². The Labute approximate surface area is 124 Å². The number of likely N-dealkylation sites (N-methyl/N-ethyl adjacent to an activating group) is 1. The van der Waals surface area contributed by atoms with Crippen LogP contribution in [0.25, 0.3) is 0 Å². The summed E-state index contributed by atoms with van der Waals surface area (Å²) >= 11 is 0. The zero-order chi connectivity index (χ0) is 14.5. The molecule has 1 N–H and O–H groups in total. The van der Waals surface area contributed by atoms with Crippen molar-refractivity contribution in [3.63, 3.8) is 0 Å². The van der Waals surface area contributed by atoms with Crippen LogP contribution < -0.4 is 10.2 Å². The van der Waals surface area contributed by atoms with Gasteiger partial charge in [0.1, 0.15) is 18.0 Å². The summed E-state index contributed by atoms with van der Waals surface area (Å²) in [6.45, 7) is 4.91. The molecule has 0 unspecified atom stereocenters. The molecule has 0 radical (unpaired) electrons. The summed E-state index contributed by atoms with van der Waals surface area (Å²) in [6, 6.07) is 6.01. The number of rotatable bonds is 4. The number of nitrogens with zero attached hydrogens (tertiary/aromatic N) is 5. The summed E-state index contributed by atoms with van der Waals surface area (Å²) in [6.07, 6.45) is 5.22. The SMILES string of the molecule is CN1CCN(c2cc(NCc3ccncc3)ncn2)CC1. The Balaban J connectivity index is 1.63. The Morgan fingerprint density at radius 1 is 1.10 bits per heavy atom. The van der Waals surface area contributed by atoms with Crippen molar-refractivity contribution in [3.8, 4) is 0 Å². The lowest BCUT2D eigenvalue weighted by Crippen LogP contribution is -2.44. The smallest absolute Gasteiger partial charge is 0.134 e. The van der Waals surface area contributed by atoms with Gasteiger partial charge in [0, 0.05) is 51.2 Å². The molecular weight excluding hydrogens is 264 g/mol. The van der Waals surface area contributed by atoms with Crippen molar-refractivity contribution in [1.82, 2.24) is 19.9 Å². The minimum atomic E-state index is 0.738. The van der Waals surface area contributed by atoms with Gasteiger partial charge in [0.25, 0.3) is 0 Å². The predicted octanol–water partition coefficient (Wildman–Crippen LogP) is 1.24. The molecule has 0 bridgehead atoms. The highest BCUT2D eigenvalue weighted by Crippen LogP contribution is 2.16. The van der Waals surface area contributed by atoms with Crippen molar-refractivity contribution >= 4 is 11.6 Å². The van der Waals surface area contributed by atoms with Crippen molar-refractivity contribution in [1.29, 1.82) is 0 Å². The van der Waals surface area contributed by atoms with Crippen LogP contribution in [0.3, 0.4) is 0 Å². The standard InChI is InChI=1S/C15H20N6/c1-20-6-8-21(9-7-20)15-10-14(18-12-19-15)17-11-13-2-4-16-5-3-13/h2-5,10,12H,6-9,11H2,1H3,(H,17,18,19). The molecule has 0 spiro atoms. The summed E-state index contributed by atoms with van der Waals surface area (Å²) in [5, 5.41) is 3.33. The zero-order valence-corrected chi connectivity index (χ0v) is 12.2. The first-order chi connectivity index (χ1) is 10.3. The van der Waals surface area contributed by atoms with Crippen LogP contribution in [0.4, 0.5) is 11.6 Å². The van der Waals surface area contributed by atoms with Crippen molar-refractivity contribution in [2.24, 2.45) is 0 Å². The molecule has 0 aromatic carbocycles. The molecular formula is C15H20N6. The average Bonchev–Trinajstić information content (AvgIpc) is 2.55. The highest BCUT2D eigenvalue weighted by Gasteiger charge is 2.15. The van der Waals surface area contributed by atoms with E-state index in [2.05, 4.69) is 37.1 Å². The van der Waals surface area contributed by atoms with Gasteiger partial charge >= 0.3 is 0 Å². The lowest BCUT2D eigenvalue weighted by atomic mass is 10.3. The monoisotopic (exact) mass is 284 g/mol. The van der Waals surface area contributed by atoms with E-state index in [1.54, 1.807) is 18.7 Å². The molecule has 0 atom stereocenters. The van der Waals surface area contributed by atoms with Crippen molar-refractivity contribution in [3.05, 3.63) is 42.5 Å². The Kier molecular flexibility index (Phi) is 4.25. The zero-order valence-electron chi connectivity index (χ0n) is 12.2. The molecule has 110 valence electrons. The van der Waals surface area contributed by atoms with Crippen molar-refractivity contribution in [2.45, 2.75) is 6.54 Å². The van der Waals surface area contributed by atoms with E-state index in [4.69, 9.17) is 0 Å². The summed E-state index contributed by atoms with van der Waals surface area (Å²) in [5.74, 6) is 1.85. The molecule has 3 heterocycles. The van der Waals surface area contributed by atoms with E-state index < -0.39 is 0 Å². The van der Waals surface area contributed by atoms with Crippen LogP contribution in [-0.4, -0.2) is 53.1 Å². The van der Waals surface area contributed by atoms with Crippen LogP contribution in [0.2, 0.25) is 0 Å². The number of hydrogen-bond acceptors (Lipinski definition) is 6. The Morgan fingerprint density at radius 3 is 2.62 bits per heavy atom. The van der Waals surface area contributed by atoms with E-state index in [1.165, 1.54) is 5.56 Å². The van der Waals surface area contributed by atoms with Crippen LogP contribution in [-0.2, 0) is 6.54 Å². The number of pyridine rings is 1. The molecule has 0 saturated carbocycles. The predicted molar refractivity (Wildman–Crippen MR) is 83.3 cm³/mol. The lowest BCUT2D eigenvalue weighted by molar-refractivity contribution is 0.312. The molecule has 1 saturated heterocycles. The fourth-order valence-corrected chi connectivity index (χ4v) is 2.35. The Morgan fingerprint density at radius 2 is 1.86 bits per heavy atom. The van der Waals surface area contributed by atoms with E-state index in [0.717, 1.165) is 44.4 Å². The van der Waals surface area contributed by atoms with Gasteiger partial charge in [-0.2, -0.15) is 0 Å². The normalized spacial score (nSPS) is 16.0.